The van der Waals surface area contributed by atoms with Crippen LogP contribution in [0.4, 0.5) is 11.4 Å². The number of carbonyl (C=O) groups is 1. The summed E-state index contributed by atoms with van der Waals surface area (Å²) in [7, 11) is -3.85. The molecule has 0 aromatic heterocycles. The number of hydrogen-bond donors (Lipinski definition) is 2. The number of aryl methyl sites for hydroxylation is 1. The zero-order valence-electron chi connectivity index (χ0n) is 9.99. The molecule has 0 saturated heterocycles. The van der Waals surface area contributed by atoms with Gasteiger partial charge in [-0.1, -0.05) is 6.07 Å². The molecule has 1 aromatic carbocycles. The van der Waals surface area contributed by atoms with Gasteiger partial charge in [0.05, 0.1) is 22.8 Å². The van der Waals surface area contributed by atoms with E-state index in [1.165, 1.54) is 12.1 Å². The van der Waals surface area contributed by atoms with Crippen LogP contribution in [-0.4, -0.2) is 30.2 Å². The zero-order valence-corrected chi connectivity index (χ0v) is 10.8. The minimum absolute atomic E-state index is 0.0691. The quantitative estimate of drug-likeness (QED) is 0.596. The van der Waals surface area contributed by atoms with E-state index in [4.69, 9.17) is 5.11 Å². The molecule has 1 rings (SSSR count). The fourth-order valence-corrected chi connectivity index (χ4v) is 2.37. The van der Waals surface area contributed by atoms with Crippen LogP contribution >= 0.6 is 0 Å². The molecule has 0 heterocycles. The largest absolute Gasteiger partial charge is 0.481 e. The first-order chi connectivity index (χ1) is 8.71. The van der Waals surface area contributed by atoms with Gasteiger partial charge in [0.1, 0.15) is 0 Å². The number of nitrogens with zero attached hydrogens (tertiary/aromatic N) is 1. The maximum absolute atomic E-state index is 11.6. The summed E-state index contributed by atoms with van der Waals surface area (Å²) in [6, 6.07) is 3.76. The molecule has 0 saturated carbocycles. The molecule has 0 radical (unpaired) electrons. The molecule has 9 heteroatoms. The van der Waals surface area contributed by atoms with Crippen LogP contribution in [0.2, 0.25) is 0 Å². The van der Waals surface area contributed by atoms with Crippen LogP contribution in [0.3, 0.4) is 0 Å². The topological polar surface area (TPSA) is 127 Å². The first-order valence-corrected chi connectivity index (χ1v) is 6.84. The van der Waals surface area contributed by atoms with Crippen LogP contribution in [-0.2, 0) is 14.8 Å². The average Bonchev–Trinajstić information content (AvgIpc) is 2.29. The highest BCUT2D eigenvalue weighted by Gasteiger charge is 2.16. The van der Waals surface area contributed by atoms with Crippen molar-refractivity contribution in [2.75, 3.05) is 10.5 Å². The van der Waals surface area contributed by atoms with Gasteiger partial charge in [-0.05, 0) is 12.5 Å². The lowest BCUT2D eigenvalue weighted by Gasteiger charge is -2.09. The minimum Gasteiger partial charge on any atom is -0.481 e. The lowest BCUT2D eigenvalue weighted by atomic mass is 10.2. The fourth-order valence-electron chi connectivity index (χ4n) is 1.27. The molecule has 8 nitrogen and oxygen atoms in total. The third-order valence-electron chi connectivity index (χ3n) is 2.28. The number of sulfonamides is 1. The molecule has 2 N–H and O–H groups in total. The Morgan fingerprint density at radius 2 is 2.11 bits per heavy atom. The number of carboxylic acid groups (broad SMARTS) is 1. The highest BCUT2D eigenvalue weighted by molar-refractivity contribution is 7.92. The van der Waals surface area contributed by atoms with Crippen LogP contribution in [0.1, 0.15) is 12.0 Å². The number of hydrogen-bond acceptors (Lipinski definition) is 5. The van der Waals surface area contributed by atoms with Crippen LogP contribution < -0.4 is 4.72 Å². The molecule has 0 atom stereocenters. The predicted octanol–water partition coefficient (Wildman–Crippen LogP) is 1.12. The summed E-state index contributed by atoms with van der Waals surface area (Å²) in [5.74, 6) is -1.83. The Kier molecular flexibility index (Phi) is 4.43. The van der Waals surface area contributed by atoms with E-state index >= 15 is 0 Å². The number of aliphatic carboxylic acids is 1. The Morgan fingerprint density at radius 3 is 2.63 bits per heavy atom. The molecule has 0 unspecified atom stereocenters. The summed E-state index contributed by atoms with van der Waals surface area (Å²) in [6.07, 6.45) is -0.538. The molecule has 19 heavy (non-hydrogen) atoms. The van der Waals surface area contributed by atoms with Crippen LogP contribution in [0.15, 0.2) is 18.2 Å². The monoisotopic (exact) mass is 288 g/mol. The van der Waals surface area contributed by atoms with E-state index in [1.54, 1.807) is 6.92 Å². The van der Waals surface area contributed by atoms with E-state index in [0.717, 1.165) is 6.07 Å². The molecule has 104 valence electrons. The van der Waals surface area contributed by atoms with E-state index in [0.29, 0.717) is 5.56 Å². The van der Waals surface area contributed by atoms with Gasteiger partial charge in [0.2, 0.25) is 10.0 Å². The number of nitrogens with one attached hydrogen (secondary N) is 1. The maximum Gasteiger partial charge on any atom is 0.304 e. The van der Waals surface area contributed by atoms with Gasteiger partial charge in [-0.15, -0.1) is 0 Å². The molecule has 0 aliphatic heterocycles. The SMILES string of the molecule is Cc1ccc([N+](=O)[O-])cc1NS(=O)(=O)CCC(=O)O. The van der Waals surface area contributed by atoms with Crippen LogP contribution in [0.25, 0.3) is 0 Å². The third-order valence-corrected chi connectivity index (χ3v) is 3.55. The van der Waals surface area contributed by atoms with Gasteiger partial charge in [0.15, 0.2) is 0 Å². The molecule has 0 fully saturated rings. The Balaban J connectivity index is 2.95. The van der Waals surface area contributed by atoms with E-state index in [9.17, 15) is 23.3 Å². The van der Waals surface area contributed by atoms with Crippen molar-refractivity contribution < 1.29 is 23.2 Å². The molecule has 0 amide bonds. The highest BCUT2D eigenvalue weighted by Crippen LogP contribution is 2.22. The predicted molar refractivity (Wildman–Crippen MR) is 67.5 cm³/mol. The number of benzene rings is 1. The second-order valence-corrected chi connectivity index (χ2v) is 5.66. The molecule has 1 aromatic rings. The minimum atomic E-state index is -3.85. The van der Waals surface area contributed by atoms with E-state index < -0.39 is 33.1 Å². The molecular weight excluding hydrogens is 276 g/mol. The molecular formula is C10H12N2O6S. The van der Waals surface area contributed by atoms with Gasteiger partial charge >= 0.3 is 5.97 Å². The van der Waals surface area contributed by atoms with Crippen molar-refractivity contribution in [3.63, 3.8) is 0 Å². The van der Waals surface area contributed by atoms with Crippen molar-refractivity contribution in [1.82, 2.24) is 0 Å². The van der Waals surface area contributed by atoms with Gasteiger partial charge in [-0.25, -0.2) is 8.42 Å². The number of rotatable bonds is 6. The number of anilines is 1. The fraction of sp³-hybridized carbons (Fsp3) is 0.300. The van der Waals surface area contributed by atoms with Gasteiger partial charge in [-0.3, -0.25) is 19.6 Å². The van der Waals surface area contributed by atoms with Crippen molar-refractivity contribution in [3.8, 4) is 0 Å². The summed E-state index contributed by atoms with van der Waals surface area (Å²) in [5.41, 5.74) is 0.325. The van der Waals surface area contributed by atoms with Crippen LogP contribution in [0, 0.1) is 17.0 Å². The van der Waals surface area contributed by atoms with E-state index in [2.05, 4.69) is 4.72 Å². The van der Waals surface area contributed by atoms with Crippen LogP contribution in [0.5, 0.6) is 0 Å². The Hall–Kier alpha value is -2.16. The summed E-state index contributed by atoms with van der Waals surface area (Å²) in [4.78, 5) is 20.3. The molecule has 0 bridgehead atoms. The van der Waals surface area contributed by atoms with Crippen molar-refractivity contribution in [2.45, 2.75) is 13.3 Å². The number of carboxylic acids is 1. The first-order valence-electron chi connectivity index (χ1n) is 5.18. The molecule has 0 aliphatic carbocycles. The van der Waals surface area contributed by atoms with Crippen molar-refractivity contribution in [2.24, 2.45) is 0 Å². The standard InChI is InChI=1S/C10H12N2O6S/c1-7-2-3-8(12(15)16)6-9(7)11-19(17,18)5-4-10(13)14/h2-3,6,11H,4-5H2,1H3,(H,13,14). The Labute approximate surface area is 109 Å². The van der Waals surface area contributed by atoms with Crippen molar-refractivity contribution in [1.29, 1.82) is 0 Å². The summed E-state index contributed by atoms with van der Waals surface area (Å²) in [5, 5.41) is 19.0. The highest BCUT2D eigenvalue weighted by atomic mass is 32.2. The maximum atomic E-state index is 11.6. The zero-order chi connectivity index (χ0) is 14.6. The lowest BCUT2D eigenvalue weighted by molar-refractivity contribution is -0.384. The van der Waals surface area contributed by atoms with Gasteiger partial charge in [0, 0.05) is 12.1 Å². The summed E-state index contributed by atoms with van der Waals surface area (Å²) < 4.78 is 25.3. The smallest absolute Gasteiger partial charge is 0.304 e. The normalized spacial score (nSPS) is 11.0. The number of nitro benzene ring substituents is 1. The summed E-state index contributed by atoms with van der Waals surface area (Å²) >= 11 is 0. The first kappa shape index (κ1) is 14.9. The van der Waals surface area contributed by atoms with E-state index in [1.807, 2.05) is 0 Å². The Bertz CT molecular complexity index is 610. The third kappa shape index (κ3) is 4.54. The van der Waals surface area contributed by atoms with Crippen molar-refractivity contribution in [3.05, 3.63) is 33.9 Å². The number of nitro groups is 1. The van der Waals surface area contributed by atoms with E-state index in [-0.39, 0.29) is 11.4 Å². The molecule has 0 aliphatic rings. The molecule has 0 spiro atoms. The van der Waals surface area contributed by atoms with Crippen molar-refractivity contribution >= 4 is 27.4 Å². The second-order valence-electron chi connectivity index (χ2n) is 3.82. The Morgan fingerprint density at radius 1 is 1.47 bits per heavy atom. The van der Waals surface area contributed by atoms with Gasteiger partial charge in [-0.2, -0.15) is 0 Å². The summed E-state index contributed by atoms with van der Waals surface area (Å²) in [6.45, 7) is 1.58. The average molecular weight is 288 g/mol. The number of non-ortho nitro benzene ring substituents is 1. The van der Waals surface area contributed by atoms with Gasteiger partial charge < -0.3 is 5.11 Å². The second kappa shape index (κ2) is 5.65. The lowest BCUT2D eigenvalue weighted by Crippen LogP contribution is -2.19. The van der Waals surface area contributed by atoms with Gasteiger partial charge in [0.25, 0.3) is 5.69 Å².